The zero-order chi connectivity index (χ0) is 13.4. The molecule has 2 N–H and O–H groups in total. The second kappa shape index (κ2) is 7.82. The fourth-order valence-electron chi connectivity index (χ4n) is 1.61. The van der Waals surface area contributed by atoms with Gasteiger partial charge in [0.15, 0.2) is 0 Å². The summed E-state index contributed by atoms with van der Waals surface area (Å²) in [6.45, 7) is 4.96. The van der Waals surface area contributed by atoms with Crippen LogP contribution in [0.1, 0.15) is 38.3 Å². The van der Waals surface area contributed by atoms with E-state index in [1.165, 1.54) is 12.1 Å². The molecule has 0 aliphatic carbocycles. The first-order valence-electron chi connectivity index (χ1n) is 6.39. The highest BCUT2D eigenvalue weighted by Gasteiger charge is 2.07. The lowest BCUT2D eigenvalue weighted by atomic mass is 10.1. The van der Waals surface area contributed by atoms with Gasteiger partial charge in [-0.3, -0.25) is 4.79 Å². The van der Waals surface area contributed by atoms with Gasteiger partial charge in [-0.25, -0.2) is 4.39 Å². The Morgan fingerprint density at radius 2 is 2.22 bits per heavy atom. The Hall–Kier alpha value is -1.42. The highest BCUT2D eigenvalue weighted by molar-refractivity contribution is 5.77. The van der Waals surface area contributed by atoms with Crippen molar-refractivity contribution in [3.63, 3.8) is 0 Å². The molecule has 1 amide bonds. The molecule has 3 nitrogen and oxygen atoms in total. The van der Waals surface area contributed by atoms with Crippen molar-refractivity contribution in [2.45, 2.75) is 32.7 Å². The molecule has 0 aliphatic heterocycles. The Bertz CT molecular complexity index is 382. The number of benzene rings is 1. The minimum absolute atomic E-state index is 0.0216. The molecule has 0 heterocycles. The number of hydrogen-bond donors (Lipinski definition) is 2. The smallest absolute Gasteiger partial charge is 0.233 e. The number of rotatable bonds is 7. The van der Waals surface area contributed by atoms with Crippen molar-refractivity contribution in [3.8, 4) is 0 Å². The molecule has 0 radical (unpaired) electrons. The first-order valence-corrected chi connectivity index (χ1v) is 6.39. The van der Waals surface area contributed by atoms with E-state index in [1.54, 1.807) is 6.07 Å². The lowest BCUT2D eigenvalue weighted by Crippen LogP contribution is -2.35. The minimum atomic E-state index is -0.256. The van der Waals surface area contributed by atoms with E-state index in [0.717, 1.165) is 18.4 Å². The average Bonchev–Trinajstić information content (AvgIpc) is 2.36. The Balaban J connectivity index is 2.32. The van der Waals surface area contributed by atoms with Crippen LogP contribution in [0.5, 0.6) is 0 Å². The fraction of sp³-hybridized carbons (Fsp3) is 0.500. The molecule has 100 valence electrons. The highest BCUT2D eigenvalue weighted by atomic mass is 19.1. The Morgan fingerprint density at radius 3 is 2.89 bits per heavy atom. The monoisotopic (exact) mass is 252 g/mol. The summed E-state index contributed by atoms with van der Waals surface area (Å²) in [5.74, 6) is -0.278. The average molecular weight is 252 g/mol. The molecule has 0 saturated carbocycles. The summed E-state index contributed by atoms with van der Waals surface area (Å²) in [5.41, 5.74) is 0.844. The predicted molar refractivity (Wildman–Crippen MR) is 70.7 cm³/mol. The zero-order valence-corrected chi connectivity index (χ0v) is 11.0. The van der Waals surface area contributed by atoms with E-state index in [0.29, 0.717) is 6.54 Å². The van der Waals surface area contributed by atoms with E-state index in [2.05, 4.69) is 17.6 Å². The molecule has 1 atom stereocenters. The summed E-state index contributed by atoms with van der Waals surface area (Å²) in [7, 11) is 0. The van der Waals surface area contributed by atoms with Crippen LogP contribution >= 0.6 is 0 Å². The maximum Gasteiger partial charge on any atom is 0.233 e. The van der Waals surface area contributed by atoms with E-state index in [9.17, 15) is 9.18 Å². The molecule has 1 aromatic carbocycles. The minimum Gasteiger partial charge on any atom is -0.355 e. The molecule has 0 bridgehead atoms. The van der Waals surface area contributed by atoms with Crippen LogP contribution in [0.2, 0.25) is 0 Å². The number of halogens is 1. The lowest BCUT2D eigenvalue weighted by molar-refractivity contribution is -0.120. The molecule has 0 aliphatic rings. The molecule has 1 aromatic rings. The summed E-state index contributed by atoms with van der Waals surface area (Å²) < 4.78 is 13.0. The molecule has 18 heavy (non-hydrogen) atoms. The number of carbonyl (C=O) groups excluding carboxylic acids is 1. The van der Waals surface area contributed by atoms with Crippen molar-refractivity contribution < 1.29 is 9.18 Å². The van der Waals surface area contributed by atoms with Crippen LogP contribution < -0.4 is 10.6 Å². The fourth-order valence-corrected chi connectivity index (χ4v) is 1.61. The van der Waals surface area contributed by atoms with Crippen molar-refractivity contribution in [2.24, 2.45) is 0 Å². The molecular formula is C14H21FN2O. The first-order chi connectivity index (χ1) is 8.63. The number of hydrogen-bond acceptors (Lipinski definition) is 2. The number of carbonyl (C=O) groups is 1. The summed E-state index contributed by atoms with van der Waals surface area (Å²) in [5, 5.41) is 5.90. The van der Waals surface area contributed by atoms with Crippen molar-refractivity contribution in [1.29, 1.82) is 0 Å². The van der Waals surface area contributed by atoms with Gasteiger partial charge in [0.05, 0.1) is 6.54 Å². The van der Waals surface area contributed by atoms with Gasteiger partial charge in [-0.15, -0.1) is 0 Å². The highest BCUT2D eigenvalue weighted by Crippen LogP contribution is 2.12. The normalized spacial score (nSPS) is 12.2. The predicted octanol–water partition coefficient (Wildman–Crippen LogP) is 2.39. The van der Waals surface area contributed by atoms with Crippen LogP contribution in [0.3, 0.4) is 0 Å². The van der Waals surface area contributed by atoms with Gasteiger partial charge >= 0.3 is 0 Å². The lowest BCUT2D eigenvalue weighted by Gasteiger charge is -2.14. The summed E-state index contributed by atoms with van der Waals surface area (Å²) in [4.78, 5) is 11.5. The summed E-state index contributed by atoms with van der Waals surface area (Å²) in [6, 6.07) is 6.36. The zero-order valence-electron chi connectivity index (χ0n) is 11.0. The topological polar surface area (TPSA) is 41.1 Å². The van der Waals surface area contributed by atoms with Crippen LogP contribution in [0.15, 0.2) is 24.3 Å². The number of unbranched alkanes of at least 4 members (excludes halogenated alkanes) is 1. The second-order valence-electron chi connectivity index (χ2n) is 4.36. The third-order valence-corrected chi connectivity index (χ3v) is 2.77. The largest absolute Gasteiger partial charge is 0.355 e. The molecule has 0 fully saturated rings. The van der Waals surface area contributed by atoms with Crippen LogP contribution in [0, 0.1) is 5.82 Å². The quantitative estimate of drug-likeness (QED) is 0.732. The molecule has 1 rings (SSSR count). The van der Waals surface area contributed by atoms with Crippen LogP contribution in [-0.4, -0.2) is 19.0 Å². The van der Waals surface area contributed by atoms with E-state index in [1.807, 2.05) is 13.0 Å². The van der Waals surface area contributed by atoms with Gasteiger partial charge < -0.3 is 10.6 Å². The molecular weight excluding hydrogens is 231 g/mol. The summed E-state index contributed by atoms with van der Waals surface area (Å²) in [6.07, 6.45) is 2.05. The van der Waals surface area contributed by atoms with Gasteiger partial charge in [0, 0.05) is 12.6 Å². The van der Waals surface area contributed by atoms with Crippen LogP contribution in [0.4, 0.5) is 4.39 Å². The first kappa shape index (κ1) is 14.6. The second-order valence-corrected chi connectivity index (χ2v) is 4.36. The standard InChI is InChI=1S/C14H21FN2O/c1-3-4-8-16-14(18)10-17-11(2)12-6-5-7-13(15)9-12/h5-7,9,11,17H,3-4,8,10H2,1-2H3,(H,16,18)/t11-/m1/s1. The molecule has 0 aromatic heterocycles. The Kier molecular flexibility index (Phi) is 6.36. The Labute approximate surface area is 108 Å². The van der Waals surface area contributed by atoms with E-state index in [-0.39, 0.29) is 24.3 Å². The third kappa shape index (κ3) is 5.27. The molecule has 0 spiro atoms. The Morgan fingerprint density at radius 1 is 1.44 bits per heavy atom. The van der Waals surface area contributed by atoms with Crippen molar-refractivity contribution in [3.05, 3.63) is 35.6 Å². The van der Waals surface area contributed by atoms with Gasteiger partial charge in [-0.05, 0) is 31.0 Å². The van der Waals surface area contributed by atoms with Crippen LogP contribution in [0.25, 0.3) is 0 Å². The maximum absolute atomic E-state index is 13.0. The van der Waals surface area contributed by atoms with E-state index < -0.39 is 0 Å². The molecule has 0 unspecified atom stereocenters. The van der Waals surface area contributed by atoms with Crippen molar-refractivity contribution >= 4 is 5.91 Å². The van der Waals surface area contributed by atoms with Gasteiger partial charge in [0.1, 0.15) is 5.82 Å². The van der Waals surface area contributed by atoms with Gasteiger partial charge in [-0.1, -0.05) is 25.5 Å². The number of amides is 1. The van der Waals surface area contributed by atoms with Gasteiger partial charge in [0.25, 0.3) is 0 Å². The van der Waals surface area contributed by atoms with E-state index >= 15 is 0 Å². The number of nitrogens with one attached hydrogen (secondary N) is 2. The molecule has 4 heteroatoms. The van der Waals surface area contributed by atoms with Crippen LogP contribution in [-0.2, 0) is 4.79 Å². The van der Waals surface area contributed by atoms with Crippen molar-refractivity contribution in [2.75, 3.05) is 13.1 Å². The van der Waals surface area contributed by atoms with E-state index in [4.69, 9.17) is 0 Å². The SMILES string of the molecule is CCCCNC(=O)CN[C@H](C)c1cccc(F)c1. The maximum atomic E-state index is 13.0. The van der Waals surface area contributed by atoms with Gasteiger partial charge in [-0.2, -0.15) is 0 Å². The van der Waals surface area contributed by atoms with Gasteiger partial charge in [0.2, 0.25) is 5.91 Å². The van der Waals surface area contributed by atoms with Crippen molar-refractivity contribution in [1.82, 2.24) is 10.6 Å². The molecule has 0 saturated heterocycles. The third-order valence-electron chi connectivity index (χ3n) is 2.77. The summed E-state index contributed by atoms with van der Waals surface area (Å²) >= 11 is 0.